The van der Waals surface area contributed by atoms with E-state index in [-0.39, 0.29) is 19.2 Å². The molecule has 0 unspecified atom stereocenters. The molecule has 1 amide bonds. The Hall–Kier alpha value is -2.79. The SMILES string of the molecule is NS(=O)(=O)NCCCC[C@H](NC(=O)OCc1ccccc1)c1csc(-c2ccccc2)n1. The molecule has 3 rings (SSSR count). The summed E-state index contributed by atoms with van der Waals surface area (Å²) < 4.78 is 29.6. The molecule has 0 bridgehead atoms. The number of alkyl carbamates (subject to hydrolysis) is 1. The molecule has 0 saturated heterocycles. The number of amides is 1. The number of aromatic nitrogens is 1. The zero-order valence-corrected chi connectivity index (χ0v) is 19.1. The Morgan fingerprint density at radius 3 is 2.44 bits per heavy atom. The summed E-state index contributed by atoms with van der Waals surface area (Å²) in [7, 11) is -3.71. The zero-order valence-electron chi connectivity index (χ0n) is 17.4. The second kappa shape index (κ2) is 11.7. The molecule has 8 nitrogen and oxygen atoms in total. The van der Waals surface area contributed by atoms with Gasteiger partial charge in [0.2, 0.25) is 0 Å². The Kier molecular flexibility index (Phi) is 8.74. The topological polar surface area (TPSA) is 123 Å². The number of carbonyl (C=O) groups is 1. The van der Waals surface area contributed by atoms with Crippen molar-refractivity contribution in [2.75, 3.05) is 6.54 Å². The summed E-state index contributed by atoms with van der Waals surface area (Å²) in [5.74, 6) is 0. The van der Waals surface area contributed by atoms with Gasteiger partial charge in [-0.05, 0) is 24.8 Å². The van der Waals surface area contributed by atoms with Gasteiger partial charge in [-0.15, -0.1) is 11.3 Å². The molecule has 2 aromatic carbocycles. The van der Waals surface area contributed by atoms with Crippen LogP contribution in [0.1, 0.15) is 36.6 Å². The average molecular weight is 475 g/mol. The monoisotopic (exact) mass is 474 g/mol. The summed E-state index contributed by atoms with van der Waals surface area (Å²) in [6, 6.07) is 18.9. The molecule has 0 spiro atoms. The Labute approximate surface area is 192 Å². The number of nitrogens with one attached hydrogen (secondary N) is 2. The molecule has 0 radical (unpaired) electrons. The standard InChI is InChI=1S/C22H26N4O4S2/c23-32(28,29)24-14-8-7-13-19(26-22(27)30-15-17-9-3-1-4-10-17)20-16-31-21(25-20)18-11-5-2-6-12-18/h1-6,9-12,16,19,24H,7-8,13-15H2,(H,26,27)(H2,23,28,29)/t19-/m0/s1. The Morgan fingerprint density at radius 1 is 1.06 bits per heavy atom. The van der Waals surface area contributed by atoms with Gasteiger partial charge in [0.15, 0.2) is 0 Å². The molecule has 0 saturated carbocycles. The van der Waals surface area contributed by atoms with Crippen LogP contribution in [-0.2, 0) is 21.6 Å². The molecule has 4 N–H and O–H groups in total. The van der Waals surface area contributed by atoms with Crippen molar-refractivity contribution < 1.29 is 17.9 Å². The molecule has 3 aromatic rings. The van der Waals surface area contributed by atoms with Gasteiger partial charge in [0.25, 0.3) is 10.2 Å². The van der Waals surface area contributed by atoms with E-state index in [4.69, 9.17) is 14.9 Å². The van der Waals surface area contributed by atoms with Crippen molar-refractivity contribution in [3.05, 3.63) is 77.3 Å². The van der Waals surface area contributed by atoms with Crippen LogP contribution in [-0.4, -0.2) is 26.0 Å². The van der Waals surface area contributed by atoms with E-state index in [1.165, 1.54) is 11.3 Å². The maximum absolute atomic E-state index is 12.4. The zero-order chi connectivity index (χ0) is 22.8. The highest BCUT2D eigenvalue weighted by Gasteiger charge is 2.19. The van der Waals surface area contributed by atoms with E-state index >= 15 is 0 Å². The quantitative estimate of drug-likeness (QED) is 0.365. The first-order chi connectivity index (χ1) is 15.4. The third-order valence-corrected chi connectivity index (χ3v) is 6.14. The number of ether oxygens (including phenoxy) is 1. The minimum absolute atomic E-state index is 0.171. The first kappa shape index (κ1) is 23.9. The van der Waals surface area contributed by atoms with Crippen LogP contribution in [0.25, 0.3) is 10.6 Å². The van der Waals surface area contributed by atoms with Gasteiger partial charge in [-0.25, -0.2) is 19.6 Å². The largest absolute Gasteiger partial charge is 0.445 e. The number of hydrogen-bond acceptors (Lipinski definition) is 6. The minimum atomic E-state index is -3.71. The third-order valence-electron chi connectivity index (χ3n) is 4.63. The molecule has 170 valence electrons. The number of unbranched alkanes of at least 4 members (excludes halogenated alkanes) is 1. The van der Waals surface area contributed by atoms with Crippen LogP contribution in [0.4, 0.5) is 4.79 Å². The molecule has 1 heterocycles. The molecule has 0 aliphatic rings. The molecule has 10 heteroatoms. The van der Waals surface area contributed by atoms with Gasteiger partial charge < -0.3 is 10.1 Å². The van der Waals surface area contributed by atoms with Crippen LogP contribution in [0.3, 0.4) is 0 Å². The highest BCUT2D eigenvalue weighted by Crippen LogP contribution is 2.28. The predicted octanol–water partition coefficient (Wildman–Crippen LogP) is 3.74. The summed E-state index contributed by atoms with van der Waals surface area (Å²) in [6.45, 7) is 0.403. The Morgan fingerprint density at radius 2 is 1.75 bits per heavy atom. The maximum atomic E-state index is 12.4. The highest BCUT2D eigenvalue weighted by molar-refractivity contribution is 7.87. The van der Waals surface area contributed by atoms with E-state index in [2.05, 4.69) is 10.0 Å². The van der Waals surface area contributed by atoms with E-state index in [1.54, 1.807) is 0 Å². The summed E-state index contributed by atoms with van der Waals surface area (Å²) >= 11 is 1.50. The number of nitrogens with zero attached hydrogens (tertiary/aromatic N) is 1. The summed E-state index contributed by atoms with van der Waals surface area (Å²) in [6.07, 6.45) is 1.27. The Balaban J connectivity index is 1.62. The highest BCUT2D eigenvalue weighted by atomic mass is 32.2. The van der Waals surface area contributed by atoms with Crippen LogP contribution < -0.4 is 15.2 Å². The minimum Gasteiger partial charge on any atom is -0.445 e. The van der Waals surface area contributed by atoms with Crippen molar-refractivity contribution in [1.29, 1.82) is 0 Å². The van der Waals surface area contributed by atoms with Crippen LogP contribution in [0, 0.1) is 0 Å². The van der Waals surface area contributed by atoms with Gasteiger partial charge in [0.1, 0.15) is 11.6 Å². The lowest BCUT2D eigenvalue weighted by Crippen LogP contribution is -2.32. The normalized spacial score (nSPS) is 12.3. The van der Waals surface area contributed by atoms with Gasteiger partial charge in [-0.3, -0.25) is 0 Å². The number of rotatable bonds is 11. The van der Waals surface area contributed by atoms with Crippen molar-refractivity contribution >= 4 is 27.6 Å². The van der Waals surface area contributed by atoms with Gasteiger partial charge in [-0.1, -0.05) is 60.7 Å². The summed E-state index contributed by atoms with van der Waals surface area (Å²) in [5, 5.41) is 10.6. The van der Waals surface area contributed by atoms with E-state index < -0.39 is 16.3 Å². The lowest BCUT2D eigenvalue weighted by Gasteiger charge is -2.17. The van der Waals surface area contributed by atoms with Crippen LogP contribution in [0.2, 0.25) is 0 Å². The van der Waals surface area contributed by atoms with E-state index in [1.807, 2.05) is 66.0 Å². The number of nitrogens with two attached hydrogens (primary N) is 1. The fraction of sp³-hybridized carbons (Fsp3) is 0.273. The molecule has 0 aliphatic heterocycles. The molecule has 1 aromatic heterocycles. The molecule has 0 fully saturated rings. The lowest BCUT2D eigenvalue weighted by atomic mass is 10.1. The molecule has 32 heavy (non-hydrogen) atoms. The molecule has 1 atom stereocenters. The van der Waals surface area contributed by atoms with Crippen molar-refractivity contribution in [3.63, 3.8) is 0 Å². The van der Waals surface area contributed by atoms with Gasteiger partial charge >= 0.3 is 6.09 Å². The molecular formula is C22H26N4O4S2. The van der Waals surface area contributed by atoms with Gasteiger partial charge in [0, 0.05) is 17.5 Å². The van der Waals surface area contributed by atoms with E-state index in [0.29, 0.717) is 19.3 Å². The van der Waals surface area contributed by atoms with Crippen LogP contribution >= 0.6 is 11.3 Å². The Bertz CT molecular complexity index is 1090. The lowest BCUT2D eigenvalue weighted by molar-refractivity contribution is 0.134. The van der Waals surface area contributed by atoms with Crippen LogP contribution in [0.15, 0.2) is 66.0 Å². The second-order valence-corrected chi connectivity index (χ2v) is 9.37. The fourth-order valence-corrected chi connectivity index (χ4v) is 4.36. The van der Waals surface area contributed by atoms with E-state index in [9.17, 15) is 13.2 Å². The van der Waals surface area contributed by atoms with E-state index in [0.717, 1.165) is 21.8 Å². The fourth-order valence-electron chi connectivity index (χ4n) is 3.05. The first-order valence-electron chi connectivity index (χ1n) is 10.2. The smallest absolute Gasteiger partial charge is 0.408 e. The maximum Gasteiger partial charge on any atom is 0.408 e. The molecular weight excluding hydrogens is 448 g/mol. The van der Waals surface area contributed by atoms with Gasteiger partial charge in [-0.2, -0.15) is 8.42 Å². The number of benzene rings is 2. The first-order valence-corrected chi connectivity index (χ1v) is 12.6. The van der Waals surface area contributed by atoms with Crippen molar-refractivity contribution in [1.82, 2.24) is 15.0 Å². The number of thiazole rings is 1. The van der Waals surface area contributed by atoms with Crippen molar-refractivity contribution in [3.8, 4) is 10.6 Å². The number of hydrogen-bond donors (Lipinski definition) is 3. The average Bonchev–Trinajstić information content (AvgIpc) is 3.27. The predicted molar refractivity (Wildman–Crippen MR) is 125 cm³/mol. The summed E-state index contributed by atoms with van der Waals surface area (Å²) in [4.78, 5) is 17.1. The molecule has 0 aliphatic carbocycles. The van der Waals surface area contributed by atoms with Crippen molar-refractivity contribution in [2.45, 2.75) is 31.9 Å². The summed E-state index contributed by atoms with van der Waals surface area (Å²) in [5.41, 5.74) is 2.64. The third kappa shape index (κ3) is 8.04. The van der Waals surface area contributed by atoms with Gasteiger partial charge in [0.05, 0.1) is 11.7 Å². The second-order valence-electron chi connectivity index (χ2n) is 7.14. The number of carbonyl (C=O) groups excluding carboxylic acids is 1. The van der Waals surface area contributed by atoms with Crippen molar-refractivity contribution in [2.24, 2.45) is 5.14 Å². The van der Waals surface area contributed by atoms with Crippen LogP contribution in [0.5, 0.6) is 0 Å².